The molecule has 1 aliphatic heterocycles. The van der Waals surface area contributed by atoms with Crippen molar-refractivity contribution in [2.45, 2.75) is 39.2 Å². The zero-order chi connectivity index (χ0) is 14.5. The average molecular weight is 276 g/mol. The topological polar surface area (TPSA) is 61.4 Å². The van der Waals surface area contributed by atoms with Crippen molar-refractivity contribution < 1.29 is 9.90 Å². The van der Waals surface area contributed by atoms with E-state index in [1.165, 1.54) is 12.8 Å². The highest BCUT2D eigenvalue weighted by Gasteiger charge is 2.24. The summed E-state index contributed by atoms with van der Waals surface area (Å²) in [4.78, 5) is 12.2. The van der Waals surface area contributed by atoms with E-state index in [9.17, 15) is 9.90 Å². The van der Waals surface area contributed by atoms with Gasteiger partial charge in [-0.15, -0.1) is 0 Å². The molecule has 0 aromatic heterocycles. The summed E-state index contributed by atoms with van der Waals surface area (Å²) in [5.74, 6) is 0.497. The van der Waals surface area contributed by atoms with Crippen molar-refractivity contribution in [2.24, 2.45) is 5.92 Å². The molecule has 1 heterocycles. The largest absolute Gasteiger partial charge is 0.507 e. The Morgan fingerprint density at radius 2 is 2.30 bits per heavy atom. The van der Waals surface area contributed by atoms with Crippen LogP contribution >= 0.6 is 0 Å². The number of rotatable bonds is 4. The number of aromatic hydroxyl groups is 1. The molecule has 4 nitrogen and oxygen atoms in total. The Morgan fingerprint density at radius 1 is 1.50 bits per heavy atom. The van der Waals surface area contributed by atoms with Gasteiger partial charge in [0.05, 0.1) is 5.56 Å². The van der Waals surface area contributed by atoms with E-state index in [1.807, 2.05) is 0 Å². The van der Waals surface area contributed by atoms with Crippen molar-refractivity contribution in [3.8, 4) is 5.75 Å². The predicted molar refractivity (Wildman–Crippen MR) is 80.0 cm³/mol. The van der Waals surface area contributed by atoms with Crippen LogP contribution < -0.4 is 10.6 Å². The quantitative estimate of drug-likeness (QED) is 0.790. The lowest BCUT2D eigenvalue weighted by molar-refractivity contribution is 0.0939. The van der Waals surface area contributed by atoms with Gasteiger partial charge in [-0.05, 0) is 43.9 Å². The number of piperidine rings is 1. The fourth-order valence-electron chi connectivity index (χ4n) is 2.89. The van der Waals surface area contributed by atoms with Gasteiger partial charge in [0.2, 0.25) is 0 Å². The van der Waals surface area contributed by atoms with E-state index in [2.05, 4.69) is 17.6 Å². The highest BCUT2D eigenvalue weighted by Crippen LogP contribution is 2.22. The number of hydrogen-bond acceptors (Lipinski definition) is 3. The molecule has 2 atom stereocenters. The molecule has 1 aromatic carbocycles. The minimum Gasteiger partial charge on any atom is -0.507 e. The van der Waals surface area contributed by atoms with Gasteiger partial charge in [0.15, 0.2) is 0 Å². The second-order valence-electron chi connectivity index (χ2n) is 5.55. The van der Waals surface area contributed by atoms with Gasteiger partial charge < -0.3 is 15.7 Å². The molecule has 0 radical (unpaired) electrons. The summed E-state index contributed by atoms with van der Waals surface area (Å²) in [6.07, 6.45) is 3.56. The summed E-state index contributed by atoms with van der Waals surface area (Å²) >= 11 is 0. The lowest BCUT2D eigenvalue weighted by atomic mass is 9.88. The third kappa shape index (κ3) is 3.31. The first-order valence-electron chi connectivity index (χ1n) is 7.43. The molecular formula is C16H24N2O2. The Morgan fingerprint density at radius 3 is 3.05 bits per heavy atom. The van der Waals surface area contributed by atoms with Crippen LogP contribution in [0, 0.1) is 12.8 Å². The summed E-state index contributed by atoms with van der Waals surface area (Å²) in [5.41, 5.74) is 1.08. The molecule has 1 aliphatic rings. The van der Waals surface area contributed by atoms with Crippen LogP contribution in [0.4, 0.5) is 0 Å². The molecule has 1 saturated heterocycles. The number of para-hydroxylation sites is 1. The van der Waals surface area contributed by atoms with Crippen molar-refractivity contribution in [3.63, 3.8) is 0 Å². The molecule has 2 unspecified atom stereocenters. The Kier molecular flexibility index (Phi) is 5.01. The highest BCUT2D eigenvalue weighted by atomic mass is 16.3. The molecule has 1 fully saturated rings. The molecule has 1 amide bonds. The number of aryl methyl sites for hydroxylation is 1. The predicted octanol–water partition coefficient (Wildman–Crippen LogP) is 2.21. The molecular weight excluding hydrogens is 252 g/mol. The second-order valence-corrected chi connectivity index (χ2v) is 5.55. The smallest absolute Gasteiger partial charge is 0.255 e. The van der Waals surface area contributed by atoms with Crippen molar-refractivity contribution in [1.29, 1.82) is 0 Å². The van der Waals surface area contributed by atoms with E-state index >= 15 is 0 Å². The number of hydrogen-bond donors (Lipinski definition) is 3. The van der Waals surface area contributed by atoms with Crippen molar-refractivity contribution in [3.05, 3.63) is 29.3 Å². The number of benzene rings is 1. The maximum absolute atomic E-state index is 12.2. The molecule has 110 valence electrons. The molecule has 0 aliphatic carbocycles. The van der Waals surface area contributed by atoms with E-state index in [0.29, 0.717) is 24.1 Å². The summed E-state index contributed by atoms with van der Waals surface area (Å²) in [5, 5.41) is 16.3. The van der Waals surface area contributed by atoms with Crippen LogP contribution in [0.25, 0.3) is 0 Å². The molecule has 20 heavy (non-hydrogen) atoms. The van der Waals surface area contributed by atoms with Gasteiger partial charge in [0.1, 0.15) is 5.75 Å². The maximum atomic E-state index is 12.2. The number of phenols is 1. The SMILES string of the molecule is CCC1CCCNC1CNC(=O)c1cccc(C)c1O. The third-order valence-corrected chi connectivity index (χ3v) is 4.22. The van der Waals surface area contributed by atoms with Crippen LogP contribution in [-0.4, -0.2) is 30.1 Å². The molecule has 4 heteroatoms. The van der Waals surface area contributed by atoms with Gasteiger partial charge in [-0.2, -0.15) is 0 Å². The molecule has 0 spiro atoms. The third-order valence-electron chi connectivity index (χ3n) is 4.22. The summed E-state index contributed by atoms with van der Waals surface area (Å²) < 4.78 is 0. The molecule has 0 bridgehead atoms. The van der Waals surface area contributed by atoms with Gasteiger partial charge in [-0.25, -0.2) is 0 Å². The van der Waals surface area contributed by atoms with Crippen LogP contribution in [-0.2, 0) is 0 Å². The summed E-state index contributed by atoms with van der Waals surface area (Å²) in [6.45, 7) is 5.62. The lowest BCUT2D eigenvalue weighted by Crippen LogP contribution is -2.48. The maximum Gasteiger partial charge on any atom is 0.255 e. The number of carbonyl (C=O) groups excluding carboxylic acids is 1. The Bertz CT molecular complexity index is 474. The van der Waals surface area contributed by atoms with Gasteiger partial charge >= 0.3 is 0 Å². The number of amides is 1. The van der Waals surface area contributed by atoms with E-state index in [4.69, 9.17) is 0 Å². The van der Waals surface area contributed by atoms with Gasteiger partial charge in [-0.3, -0.25) is 4.79 Å². The summed E-state index contributed by atoms with van der Waals surface area (Å²) in [7, 11) is 0. The van der Waals surface area contributed by atoms with Crippen molar-refractivity contribution >= 4 is 5.91 Å². The van der Waals surface area contributed by atoms with Gasteiger partial charge in [-0.1, -0.05) is 25.5 Å². The molecule has 2 rings (SSSR count). The fourth-order valence-corrected chi connectivity index (χ4v) is 2.89. The highest BCUT2D eigenvalue weighted by molar-refractivity contribution is 5.97. The zero-order valence-electron chi connectivity index (χ0n) is 12.3. The molecule has 3 N–H and O–H groups in total. The standard InChI is InChI=1S/C16H24N2O2/c1-3-12-7-5-9-17-14(12)10-18-16(20)13-8-4-6-11(2)15(13)19/h4,6,8,12,14,17,19H,3,5,7,9-10H2,1-2H3,(H,18,20). The Balaban J connectivity index is 1.96. The minimum absolute atomic E-state index is 0.0774. The minimum atomic E-state index is -0.201. The second kappa shape index (κ2) is 6.75. The van der Waals surface area contributed by atoms with Crippen molar-refractivity contribution in [1.82, 2.24) is 10.6 Å². The molecule has 1 aromatic rings. The van der Waals surface area contributed by atoms with Crippen LogP contribution in [0.2, 0.25) is 0 Å². The number of carbonyl (C=O) groups is 1. The Hall–Kier alpha value is -1.55. The molecule has 0 saturated carbocycles. The Labute approximate surface area is 120 Å². The monoisotopic (exact) mass is 276 g/mol. The van der Waals surface area contributed by atoms with E-state index < -0.39 is 0 Å². The zero-order valence-corrected chi connectivity index (χ0v) is 12.3. The lowest BCUT2D eigenvalue weighted by Gasteiger charge is -2.32. The van der Waals surface area contributed by atoms with Crippen LogP contribution in [0.1, 0.15) is 42.1 Å². The average Bonchev–Trinajstić information content (AvgIpc) is 2.48. The normalized spacial score (nSPS) is 22.5. The van der Waals surface area contributed by atoms with E-state index in [1.54, 1.807) is 25.1 Å². The first-order chi connectivity index (χ1) is 9.63. The number of phenolic OH excluding ortho intramolecular Hbond substituents is 1. The number of nitrogens with one attached hydrogen (secondary N) is 2. The van der Waals surface area contributed by atoms with Crippen molar-refractivity contribution in [2.75, 3.05) is 13.1 Å². The van der Waals surface area contributed by atoms with Gasteiger partial charge in [0, 0.05) is 12.6 Å². The first-order valence-corrected chi connectivity index (χ1v) is 7.43. The summed E-state index contributed by atoms with van der Waals surface area (Å²) in [6, 6.07) is 5.58. The van der Waals surface area contributed by atoms with E-state index in [-0.39, 0.29) is 11.7 Å². The first kappa shape index (κ1) is 14.9. The van der Waals surface area contributed by atoms with Crippen LogP contribution in [0.15, 0.2) is 18.2 Å². The fraction of sp³-hybridized carbons (Fsp3) is 0.562. The van der Waals surface area contributed by atoms with E-state index in [0.717, 1.165) is 18.5 Å². The van der Waals surface area contributed by atoms with Crippen LogP contribution in [0.3, 0.4) is 0 Å². The van der Waals surface area contributed by atoms with Crippen LogP contribution in [0.5, 0.6) is 5.75 Å². The van der Waals surface area contributed by atoms with Gasteiger partial charge in [0.25, 0.3) is 5.91 Å².